The summed E-state index contributed by atoms with van der Waals surface area (Å²) < 4.78 is 14.8. The number of amides is 1. The second-order valence-electron chi connectivity index (χ2n) is 4.96. The molecule has 0 radical (unpaired) electrons. The Hall–Kier alpha value is -2.09. The number of aliphatic hydroxyl groups is 1. The Labute approximate surface area is 135 Å². The van der Waals surface area contributed by atoms with Crippen LogP contribution in [0.15, 0.2) is 12.7 Å². The van der Waals surface area contributed by atoms with Crippen LogP contribution < -0.4 is 0 Å². The molecule has 0 spiro atoms. The van der Waals surface area contributed by atoms with E-state index in [0.29, 0.717) is 0 Å². The summed E-state index contributed by atoms with van der Waals surface area (Å²) in [4.78, 5) is 37.5. The summed E-state index contributed by atoms with van der Waals surface area (Å²) in [7, 11) is 0. The lowest BCUT2D eigenvalue weighted by atomic mass is 9.97. The molecule has 23 heavy (non-hydrogen) atoms. The lowest BCUT2D eigenvalue weighted by molar-refractivity contribution is -0.164. The molecule has 1 saturated heterocycles. The number of likely N-dealkylation sites (tertiary alicyclic amines) is 1. The summed E-state index contributed by atoms with van der Waals surface area (Å²) >= 11 is 0. The summed E-state index contributed by atoms with van der Waals surface area (Å²) in [6, 6.07) is -0.875. The maximum Gasteiger partial charge on any atom is 0.410 e. The summed E-state index contributed by atoms with van der Waals surface area (Å²) in [5, 5.41) is 9.84. The lowest BCUT2D eigenvalue weighted by Gasteiger charge is -2.28. The average molecular weight is 329 g/mol. The van der Waals surface area contributed by atoms with Gasteiger partial charge in [-0.2, -0.15) is 0 Å². The molecule has 0 aliphatic carbocycles. The first-order chi connectivity index (χ1) is 11.0. The van der Waals surface area contributed by atoms with Crippen molar-refractivity contribution in [3.8, 4) is 0 Å². The zero-order chi connectivity index (χ0) is 17.4. The van der Waals surface area contributed by atoms with Crippen molar-refractivity contribution < 1.29 is 33.7 Å². The van der Waals surface area contributed by atoms with E-state index in [4.69, 9.17) is 14.2 Å². The number of ether oxygens (including phenoxy) is 3. The van der Waals surface area contributed by atoms with Gasteiger partial charge in [-0.05, 0) is 20.3 Å². The molecular formula is C15H23NO7. The number of carbonyl (C=O) groups excluding carboxylic acids is 3. The summed E-state index contributed by atoms with van der Waals surface area (Å²) in [5.74, 6) is -2.89. The van der Waals surface area contributed by atoms with Crippen molar-refractivity contribution >= 4 is 18.0 Å². The molecule has 2 atom stereocenters. The highest BCUT2D eigenvalue weighted by Crippen LogP contribution is 2.27. The maximum absolute atomic E-state index is 12.1. The fourth-order valence-electron chi connectivity index (χ4n) is 2.46. The molecule has 130 valence electrons. The van der Waals surface area contributed by atoms with Gasteiger partial charge in [-0.15, -0.1) is 0 Å². The third-order valence-corrected chi connectivity index (χ3v) is 3.35. The zero-order valence-corrected chi connectivity index (χ0v) is 13.4. The molecule has 0 saturated carbocycles. The number of hydrogen-bond acceptors (Lipinski definition) is 7. The van der Waals surface area contributed by atoms with Crippen LogP contribution in [0.2, 0.25) is 0 Å². The van der Waals surface area contributed by atoms with E-state index in [2.05, 4.69) is 6.58 Å². The molecule has 1 rings (SSSR count). The number of esters is 2. The van der Waals surface area contributed by atoms with Crippen LogP contribution in [-0.2, 0) is 23.8 Å². The number of aliphatic hydroxyl groups excluding tert-OH is 1. The van der Waals surface area contributed by atoms with E-state index in [9.17, 15) is 19.5 Å². The van der Waals surface area contributed by atoms with Crippen LogP contribution in [0.5, 0.6) is 0 Å². The van der Waals surface area contributed by atoms with Crippen LogP contribution in [0, 0.1) is 5.92 Å². The van der Waals surface area contributed by atoms with Crippen molar-refractivity contribution in [3.05, 3.63) is 12.7 Å². The fraction of sp³-hybridized carbons (Fsp3) is 0.667. The first kappa shape index (κ1) is 19.0. The Morgan fingerprint density at radius 2 is 1.78 bits per heavy atom. The minimum absolute atomic E-state index is 0.0123. The number of β-amino-alcohol motifs (C(OH)–C–C–N with tert-alkyl or cyclic N) is 1. The molecular weight excluding hydrogens is 306 g/mol. The zero-order valence-electron chi connectivity index (χ0n) is 13.4. The molecule has 1 aliphatic heterocycles. The number of nitrogens with zero attached hydrogens (tertiary/aromatic N) is 1. The predicted molar refractivity (Wildman–Crippen MR) is 79.4 cm³/mol. The molecule has 0 aromatic heterocycles. The van der Waals surface area contributed by atoms with E-state index < -0.39 is 36.1 Å². The normalized spacial score (nSPS) is 20.3. The molecule has 0 bridgehead atoms. The van der Waals surface area contributed by atoms with Crippen molar-refractivity contribution in [3.63, 3.8) is 0 Å². The van der Waals surface area contributed by atoms with Gasteiger partial charge in [0.05, 0.1) is 31.9 Å². The Bertz CT molecular complexity index is 433. The molecule has 1 amide bonds. The van der Waals surface area contributed by atoms with E-state index in [1.807, 2.05) is 0 Å². The molecule has 8 heteroatoms. The second-order valence-corrected chi connectivity index (χ2v) is 4.96. The average Bonchev–Trinajstić information content (AvgIpc) is 2.87. The Morgan fingerprint density at radius 1 is 1.22 bits per heavy atom. The molecule has 1 fully saturated rings. The van der Waals surface area contributed by atoms with Crippen LogP contribution in [0.3, 0.4) is 0 Å². The highest BCUT2D eigenvalue weighted by atomic mass is 16.6. The number of rotatable bonds is 7. The first-order valence-corrected chi connectivity index (χ1v) is 7.51. The second kappa shape index (κ2) is 9.14. The van der Waals surface area contributed by atoms with Crippen molar-refractivity contribution in [1.82, 2.24) is 4.90 Å². The van der Waals surface area contributed by atoms with Gasteiger partial charge in [-0.25, -0.2) is 4.79 Å². The molecule has 8 nitrogen and oxygen atoms in total. The minimum atomic E-state index is -1.32. The van der Waals surface area contributed by atoms with Gasteiger partial charge in [0.25, 0.3) is 0 Å². The molecule has 0 aromatic carbocycles. The first-order valence-electron chi connectivity index (χ1n) is 7.51. The van der Waals surface area contributed by atoms with Crippen molar-refractivity contribution in [1.29, 1.82) is 0 Å². The van der Waals surface area contributed by atoms with Crippen LogP contribution in [-0.4, -0.2) is 66.5 Å². The van der Waals surface area contributed by atoms with Gasteiger partial charge in [-0.3, -0.25) is 9.59 Å². The highest BCUT2D eigenvalue weighted by molar-refractivity contribution is 5.96. The Kier molecular flexibility index (Phi) is 7.53. The predicted octanol–water partition coefficient (Wildman–Crippen LogP) is 0.487. The monoisotopic (exact) mass is 329 g/mol. The van der Waals surface area contributed by atoms with E-state index in [1.54, 1.807) is 13.8 Å². The van der Waals surface area contributed by atoms with Crippen LogP contribution in [0.4, 0.5) is 4.79 Å². The molecule has 0 unspecified atom stereocenters. The van der Waals surface area contributed by atoms with E-state index in [0.717, 1.165) is 4.90 Å². The molecule has 1 heterocycles. The van der Waals surface area contributed by atoms with Gasteiger partial charge in [0.15, 0.2) is 5.92 Å². The number of hydrogen-bond donors (Lipinski definition) is 1. The topological polar surface area (TPSA) is 102 Å². The third-order valence-electron chi connectivity index (χ3n) is 3.35. The van der Waals surface area contributed by atoms with Crippen LogP contribution in [0.1, 0.15) is 20.3 Å². The fourth-order valence-corrected chi connectivity index (χ4v) is 2.46. The quantitative estimate of drug-likeness (QED) is 0.314. The summed E-state index contributed by atoms with van der Waals surface area (Å²) in [6.07, 6.45) is -0.133. The Balaban J connectivity index is 2.99. The van der Waals surface area contributed by atoms with Crippen molar-refractivity contribution in [2.75, 3.05) is 26.4 Å². The van der Waals surface area contributed by atoms with Gasteiger partial charge >= 0.3 is 18.0 Å². The Morgan fingerprint density at radius 3 is 2.26 bits per heavy atom. The van der Waals surface area contributed by atoms with E-state index in [1.165, 1.54) is 6.08 Å². The van der Waals surface area contributed by atoms with Gasteiger partial charge in [0, 0.05) is 0 Å². The molecule has 1 aliphatic rings. The standard InChI is InChI=1S/C15H23NO7/c1-4-7-23-15(20)16-9-10(17)8-11(16)12(13(18)21-5-2)14(19)22-6-3/h4,10-12,17H,1,5-9H2,2-3H3/t10-,11+/m1/s1. The van der Waals surface area contributed by atoms with E-state index in [-0.39, 0.29) is 32.8 Å². The SMILES string of the molecule is C=CCOC(=O)N1C[C@H](O)C[C@H]1C(C(=O)OCC)C(=O)OCC. The van der Waals surface area contributed by atoms with Crippen molar-refractivity contribution in [2.24, 2.45) is 5.92 Å². The lowest BCUT2D eigenvalue weighted by Crippen LogP contribution is -2.47. The van der Waals surface area contributed by atoms with Gasteiger partial charge in [0.2, 0.25) is 0 Å². The number of carbonyl (C=O) groups is 3. The highest BCUT2D eigenvalue weighted by Gasteiger charge is 2.47. The largest absolute Gasteiger partial charge is 0.465 e. The van der Waals surface area contributed by atoms with Crippen molar-refractivity contribution in [2.45, 2.75) is 32.4 Å². The van der Waals surface area contributed by atoms with E-state index >= 15 is 0 Å². The third kappa shape index (κ3) is 4.95. The summed E-state index contributed by atoms with van der Waals surface area (Å²) in [5.41, 5.74) is 0. The molecule has 0 aromatic rings. The summed E-state index contributed by atoms with van der Waals surface area (Å²) in [6.45, 7) is 6.79. The van der Waals surface area contributed by atoms with Gasteiger partial charge in [0.1, 0.15) is 6.61 Å². The van der Waals surface area contributed by atoms with Gasteiger partial charge < -0.3 is 24.2 Å². The minimum Gasteiger partial charge on any atom is -0.465 e. The van der Waals surface area contributed by atoms with Gasteiger partial charge in [-0.1, -0.05) is 12.7 Å². The van der Waals surface area contributed by atoms with Crippen LogP contribution in [0.25, 0.3) is 0 Å². The molecule has 1 N–H and O–H groups in total. The van der Waals surface area contributed by atoms with Crippen LogP contribution >= 0.6 is 0 Å². The smallest absolute Gasteiger partial charge is 0.410 e. The maximum atomic E-state index is 12.1.